The Bertz CT molecular complexity index is 965. The van der Waals surface area contributed by atoms with Crippen molar-refractivity contribution < 1.29 is 18.8 Å². The van der Waals surface area contributed by atoms with Crippen LogP contribution in [0.1, 0.15) is 48.5 Å². The van der Waals surface area contributed by atoms with Crippen LogP contribution in [-0.4, -0.2) is 28.1 Å². The highest BCUT2D eigenvalue weighted by Gasteiger charge is 2.19. The van der Waals surface area contributed by atoms with Gasteiger partial charge in [-0.15, -0.1) is 0 Å². The molecule has 0 aliphatic heterocycles. The molecule has 1 N–H and O–H groups in total. The van der Waals surface area contributed by atoms with Gasteiger partial charge in [0.25, 0.3) is 11.8 Å². The van der Waals surface area contributed by atoms with Crippen molar-refractivity contribution in [3.8, 4) is 11.4 Å². The van der Waals surface area contributed by atoms with E-state index in [1.54, 1.807) is 31.2 Å². The van der Waals surface area contributed by atoms with E-state index < -0.39 is 12.0 Å². The molecule has 7 nitrogen and oxygen atoms in total. The molecule has 0 spiro atoms. The predicted octanol–water partition coefficient (Wildman–Crippen LogP) is 3.72. The fourth-order valence-electron chi connectivity index (χ4n) is 2.63. The number of hydrogen-bond acceptors (Lipinski definition) is 6. The van der Waals surface area contributed by atoms with Crippen molar-refractivity contribution in [3.05, 3.63) is 71.6 Å². The van der Waals surface area contributed by atoms with Crippen LogP contribution >= 0.6 is 0 Å². The van der Waals surface area contributed by atoms with Gasteiger partial charge in [0.1, 0.15) is 6.04 Å². The molecule has 3 rings (SSSR count). The highest BCUT2D eigenvalue weighted by molar-refractivity contribution is 5.96. The third-order valence-electron chi connectivity index (χ3n) is 4.38. The van der Waals surface area contributed by atoms with Crippen LogP contribution in [0.25, 0.3) is 11.4 Å². The van der Waals surface area contributed by atoms with E-state index in [1.807, 2.05) is 30.3 Å². The van der Waals surface area contributed by atoms with Gasteiger partial charge in [-0.3, -0.25) is 4.79 Å². The van der Waals surface area contributed by atoms with E-state index in [4.69, 9.17) is 9.26 Å². The lowest BCUT2D eigenvalue weighted by molar-refractivity contribution is -0.147. The Hall–Kier alpha value is -3.48. The molecule has 3 aromatic rings. The third-order valence-corrected chi connectivity index (χ3v) is 4.38. The van der Waals surface area contributed by atoms with E-state index in [0.29, 0.717) is 17.3 Å². The number of nitrogens with one attached hydrogen (secondary N) is 1. The summed E-state index contributed by atoms with van der Waals surface area (Å²) in [4.78, 5) is 28.5. The molecule has 0 saturated carbocycles. The van der Waals surface area contributed by atoms with Gasteiger partial charge < -0.3 is 14.6 Å². The van der Waals surface area contributed by atoms with E-state index in [9.17, 15) is 9.59 Å². The molecule has 0 aliphatic rings. The van der Waals surface area contributed by atoms with Crippen molar-refractivity contribution in [1.29, 1.82) is 0 Å². The smallest absolute Gasteiger partial charge is 0.328 e. The Labute approximate surface area is 169 Å². The minimum atomic E-state index is -0.811. The van der Waals surface area contributed by atoms with Gasteiger partial charge in [-0.05, 0) is 30.5 Å². The second-order valence-electron chi connectivity index (χ2n) is 6.96. The zero-order valence-electron chi connectivity index (χ0n) is 16.6. The van der Waals surface area contributed by atoms with Crippen LogP contribution in [0.15, 0.2) is 59.1 Å². The number of aromatic nitrogens is 2. The van der Waals surface area contributed by atoms with Gasteiger partial charge in [0.15, 0.2) is 6.61 Å². The number of benzene rings is 2. The Morgan fingerprint density at radius 1 is 1.03 bits per heavy atom. The van der Waals surface area contributed by atoms with Gasteiger partial charge in [-0.1, -0.05) is 61.5 Å². The molecule has 1 atom stereocenters. The summed E-state index contributed by atoms with van der Waals surface area (Å²) in [6.45, 7) is 5.64. The normalized spacial score (nSPS) is 11.9. The number of ether oxygens (including phenoxy) is 1. The van der Waals surface area contributed by atoms with Crippen LogP contribution in [0.5, 0.6) is 0 Å². The van der Waals surface area contributed by atoms with Gasteiger partial charge >= 0.3 is 5.97 Å². The van der Waals surface area contributed by atoms with Gasteiger partial charge in [-0.2, -0.15) is 4.98 Å². The molecule has 0 bridgehead atoms. The zero-order valence-corrected chi connectivity index (χ0v) is 16.6. The minimum absolute atomic E-state index is 0.165. The van der Waals surface area contributed by atoms with Crippen molar-refractivity contribution in [3.63, 3.8) is 0 Å². The fourth-order valence-corrected chi connectivity index (χ4v) is 2.63. The summed E-state index contributed by atoms with van der Waals surface area (Å²) < 4.78 is 10.3. The lowest BCUT2D eigenvalue weighted by Gasteiger charge is -2.12. The van der Waals surface area contributed by atoms with Crippen LogP contribution in [0.3, 0.4) is 0 Å². The Balaban J connectivity index is 1.53. The van der Waals surface area contributed by atoms with E-state index in [-0.39, 0.29) is 18.4 Å². The second-order valence-corrected chi connectivity index (χ2v) is 6.96. The Kier molecular flexibility index (Phi) is 6.39. The lowest BCUT2D eigenvalue weighted by atomic mass is 10.0. The second kappa shape index (κ2) is 9.14. The van der Waals surface area contributed by atoms with Crippen molar-refractivity contribution in [2.45, 2.75) is 39.3 Å². The van der Waals surface area contributed by atoms with Crippen molar-refractivity contribution in [2.24, 2.45) is 0 Å². The molecule has 1 aromatic heterocycles. The number of nitrogens with zero attached hydrogens (tertiary/aromatic N) is 2. The number of carbonyl (C=O) groups excluding carboxylic acids is 2. The molecule has 0 aliphatic carbocycles. The molecule has 29 heavy (non-hydrogen) atoms. The molecular formula is C22H23N3O4. The summed E-state index contributed by atoms with van der Waals surface area (Å²) in [5, 5.41) is 6.52. The molecule has 150 valence electrons. The zero-order chi connectivity index (χ0) is 20.8. The number of hydrogen-bond donors (Lipinski definition) is 1. The topological polar surface area (TPSA) is 94.3 Å². The Morgan fingerprint density at radius 3 is 2.38 bits per heavy atom. The van der Waals surface area contributed by atoms with E-state index in [0.717, 1.165) is 5.56 Å². The monoisotopic (exact) mass is 393 g/mol. The summed E-state index contributed by atoms with van der Waals surface area (Å²) in [6, 6.07) is 15.7. The number of amides is 1. The van der Waals surface area contributed by atoms with E-state index in [2.05, 4.69) is 29.3 Å². The van der Waals surface area contributed by atoms with Gasteiger partial charge in [-0.25, -0.2) is 4.79 Å². The minimum Gasteiger partial charge on any atom is -0.454 e. The SMILES string of the molecule is CC(NC(=O)c1ccccc1)C(=O)OCc1nc(-c2ccc(C(C)C)cc2)no1. The first kappa shape index (κ1) is 20.3. The first-order chi connectivity index (χ1) is 13.9. The number of esters is 1. The predicted molar refractivity (Wildman–Crippen MR) is 107 cm³/mol. The van der Waals surface area contributed by atoms with Crippen molar-refractivity contribution in [2.75, 3.05) is 0 Å². The molecule has 0 saturated heterocycles. The quantitative estimate of drug-likeness (QED) is 0.615. The largest absolute Gasteiger partial charge is 0.454 e. The lowest BCUT2D eigenvalue weighted by Crippen LogP contribution is -2.39. The summed E-state index contributed by atoms with van der Waals surface area (Å²) >= 11 is 0. The van der Waals surface area contributed by atoms with Gasteiger partial charge in [0, 0.05) is 11.1 Å². The number of rotatable bonds is 7. The highest BCUT2D eigenvalue weighted by atomic mass is 16.6. The first-order valence-corrected chi connectivity index (χ1v) is 9.39. The van der Waals surface area contributed by atoms with Crippen LogP contribution < -0.4 is 5.32 Å². The van der Waals surface area contributed by atoms with Crippen LogP contribution in [0.2, 0.25) is 0 Å². The maximum absolute atomic E-state index is 12.1. The van der Waals surface area contributed by atoms with Crippen LogP contribution in [0, 0.1) is 0 Å². The van der Waals surface area contributed by atoms with Gasteiger partial charge in [0.05, 0.1) is 0 Å². The molecule has 7 heteroatoms. The highest BCUT2D eigenvalue weighted by Crippen LogP contribution is 2.20. The molecule has 0 fully saturated rings. The molecule has 2 aromatic carbocycles. The van der Waals surface area contributed by atoms with E-state index in [1.165, 1.54) is 5.56 Å². The molecule has 0 radical (unpaired) electrons. The maximum atomic E-state index is 12.1. The van der Waals surface area contributed by atoms with Crippen molar-refractivity contribution in [1.82, 2.24) is 15.5 Å². The van der Waals surface area contributed by atoms with Gasteiger partial charge in [0.2, 0.25) is 5.82 Å². The summed E-state index contributed by atoms with van der Waals surface area (Å²) in [5.41, 5.74) is 2.51. The average molecular weight is 393 g/mol. The first-order valence-electron chi connectivity index (χ1n) is 9.39. The standard InChI is InChI=1S/C22H23N3O4/c1-14(2)16-9-11-17(12-10-16)20-24-19(29-25-20)13-28-22(27)15(3)23-21(26)18-7-5-4-6-8-18/h4-12,14-15H,13H2,1-3H3,(H,23,26). The maximum Gasteiger partial charge on any atom is 0.328 e. The number of carbonyl (C=O) groups is 2. The van der Waals surface area contributed by atoms with Crippen LogP contribution in [0.4, 0.5) is 0 Å². The molecule has 1 amide bonds. The van der Waals surface area contributed by atoms with Crippen molar-refractivity contribution >= 4 is 11.9 Å². The summed E-state index contributed by atoms with van der Waals surface area (Å²) in [6.07, 6.45) is 0. The van der Waals surface area contributed by atoms with Crippen LogP contribution in [-0.2, 0) is 16.1 Å². The Morgan fingerprint density at radius 2 is 1.72 bits per heavy atom. The fraction of sp³-hybridized carbons (Fsp3) is 0.273. The summed E-state index contributed by atoms with van der Waals surface area (Å²) in [7, 11) is 0. The summed E-state index contributed by atoms with van der Waals surface area (Å²) in [5.74, 6) is 0.114. The third kappa shape index (κ3) is 5.28. The molecule has 1 unspecified atom stereocenters. The average Bonchev–Trinajstić information content (AvgIpc) is 3.21. The van der Waals surface area contributed by atoms with E-state index >= 15 is 0 Å². The molecular weight excluding hydrogens is 370 g/mol. The molecule has 1 heterocycles.